The van der Waals surface area contributed by atoms with Gasteiger partial charge >= 0.3 is 0 Å². The molecule has 0 saturated carbocycles. The summed E-state index contributed by atoms with van der Waals surface area (Å²) in [4.78, 5) is 4.15. The van der Waals surface area contributed by atoms with E-state index in [1.54, 1.807) is 6.20 Å². The highest BCUT2D eigenvalue weighted by atomic mass is 16.3. The molecule has 4 rings (SSSR count). The standard InChI is InChI=1S/C20H17N3O/c24-14-17-12-16(10-11-21-17)20-18-8-4-5-9-19(18)23(22-20)13-15-6-2-1-3-7-15/h1-12,24H,13-14H2. The van der Waals surface area contributed by atoms with Crippen molar-refractivity contribution in [1.82, 2.24) is 14.8 Å². The molecule has 0 amide bonds. The summed E-state index contributed by atoms with van der Waals surface area (Å²) in [7, 11) is 0. The van der Waals surface area contributed by atoms with Crippen LogP contribution >= 0.6 is 0 Å². The fourth-order valence-corrected chi connectivity index (χ4v) is 2.93. The van der Waals surface area contributed by atoms with Gasteiger partial charge in [-0.15, -0.1) is 0 Å². The number of aliphatic hydroxyl groups excluding tert-OH is 1. The Balaban J connectivity index is 1.84. The Bertz CT molecular complexity index is 977. The number of fused-ring (bicyclic) bond motifs is 1. The minimum absolute atomic E-state index is 0.0729. The molecule has 0 saturated heterocycles. The number of pyridine rings is 1. The predicted octanol–water partition coefficient (Wildman–Crippen LogP) is 3.64. The SMILES string of the molecule is OCc1cc(-c2nn(Cc3ccccc3)c3ccccc23)ccn1. The minimum Gasteiger partial charge on any atom is -0.390 e. The minimum atomic E-state index is -0.0729. The lowest BCUT2D eigenvalue weighted by Gasteiger charge is -2.03. The average Bonchev–Trinajstić information content (AvgIpc) is 3.01. The molecular weight excluding hydrogens is 298 g/mol. The molecule has 0 unspecified atom stereocenters. The van der Waals surface area contributed by atoms with E-state index in [0.29, 0.717) is 5.69 Å². The molecule has 2 aromatic heterocycles. The molecule has 4 heteroatoms. The Kier molecular flexibility index (Phi) is 3.81. The van der Waals surface area contributed by atoms with Gasteiger partial charge in [0.05, 0.1) is 24.4 Å². The van der Waals surface area contributed by atoms with Crippen molar-refractivity contribution in [1.29, 1.82) is 0 Å². The molecule has 4 nitrogen and oxygen atoms in total. The Labute approximate surface area is 140 Å². The molecule has 0 bridgehead atoms. The van der Waals surface area contributed by atoms with E-state index in [9.17, 15) is 5.11 Å². The molecule has 0 radical (unpaired) electrons. The van der Waals surface area contributed by atoms with E-state index in [1.165, 1.54) is 5.56 Å². The van der Waals surface area contributed by atoms with Crippen molar-refractivity contribution in [2.75, 3.05) is 0 Å². The summed E-state index contributed by atoms with van der Waals surface area (Å²) in [5, 5.41) is 15.3. The molecule has 0 aliphatic heterocycles. The Morgan fingerprint density at radius 2 is 1.71 bits per heavy atom. The number of nitrogens with zero attached hydrogens (tertiary/aromatic N) is 3. The number of aliphatic hydroxyl groups is 1. The molecule has 0 aliphatic carbocycles. The fourth-order valence-electron chi connectivity index (χ4n) is 2.93. The zero-order chi connectivity index (χ0) is 16.4. The van der Waals surface area contributed by atoms with Crippen molar-refractivity contribution in [2.45, 2.75) is 13.2 Å². The van der Waals surface area contributed by atoms with Crippen LogP contribution in [-0.2, 0) is 13.2 Å². The van der Waals surface area contributed by atoms with Crippen LogP contribution in [0, 0.1) is 0 Å². The van der Waals surface area contributed by atoms with Crippen LogP contribution in [0.1, 0.15) is 11.3 Å². The van der Waals surface area contributed by atoms with Crippen LogP contribution in [0.2, 0.25) is 0 Å². The maximum Gasteiger partial charge on any atom is 0.100 e. The third-order valence-corrected chi connectivity index (χ3v) is 4.09. The Hall–Kier alpha value is -2.98. The van der Waals surface area contributed by atoms with E-state index < -0.39 is 0 Å². The summed E-state index contributed by atoms with van der Waals surface area (Å²) in [6.07, 6.45) is 1.71. The zero-order valence-electron chi connectivity index (χ0n) is 13.1. The Morgan fingerprint density at radius 3 is 2.54 bits per heavy atom. The molecule has 0 fully saturated rings. The summed E-state index contributed by atoms with van der Waals surface area (Å²) in [5.41, 5.74) is 4.84. The second-order valence-corrected chi connectivity index (χ2v) is 5.70. The lowest BCUT2D eigenvalue weighted by molar-refractivity contribution is 0.277. The van der Waals surface area contributed by atoms with Gasteiger partial charge in [-0.1, -0.05) is 48.5 Å². The summed E-state index contributed by atoms with van der Waals surface area (Å²) in [6, 6.07) is 22.3. The van der Waals surface area contributed by atoms with Crippen LogP contribution < -0.4 is 0 Å². The van der Waals surface area contributed by atoms with E-state index >= 15 is 0 Å². The van der Waals surface area contributed by atoms with Crippen LogP contribution in [-0.4, -0.2) is 19.9 Å². The third-order valence-electron chi connectivity index (χ3n) is 4.09. The van der Waals surface area contributed by atoms with Gasteiger partial charge in [-0.3, -0.25) is 9.67 Å². The second-order valence-electron chi connectivity index (χ2n) is 5.70. The van der Waals surface area contributed by atoms with Gasteiger partial charge in [0.1, 0.15) is 5.69 Å². The van der Waals surface area contributed by atoms with Gasteiger partial charge in [-0.25, -0.2) is 0 Å². The van der Waals surface area contributed by atoms with E-state index in [4.69, 9.17) is 5.10 Å². The van der Waals surface area contributed by atoms with Gasteiger partial charge in [-0.05, 0) is 23.8 Å². The summed E-state index contributed by atoms with van der Waals surface area (Å²) in [6.45, 7) is 0.649. The van der Waals surface area contributed by atoms with E-state index in [1.807, 2.05) is 47.1 Å². The van der Waals surface area contributed by atoms with Crippen LogP contribution in [0.4, 0.5) is 0 Å². The normalized spacial score (nSPS) is 11.0. The third kappa shape index (κ3) is 2.68. The number of hydrogen-bond acceptors (Lipinski definition) is 3. The predicted molar refractivity (Wildman–Crippen MR) is 94.4 cm³/mol. The highest BCUT2D eigenvalue weighted by Crippen LogP contribution is 2.28. The molecule has 0 spiro atoms. The first-order valence-corrected chi connectivity index (χ1v) is 7.91. The number of benzene rings is 2. The van der Waals surface area contributed by atoms with Crippen LogP contribution in [0.15, 0.2) is 72.9 Å². The smallest absolute Gasteiger partial charge is 0.100 e. The highest BCUT2D eigenvalue weighted by Gasteiger charge is 2.12. The maximum absolute atomic E-state index is 9.33. The summed E-state index contributed by atoms with van der Waals surface area (Å²) in [5.74, 6) is 0. The van der Waals surface area contributed by atoms with Crippen molar-refractivity contribution in [3.8, 4) is 11.3 Å². The first-order chi connectivity index (χ1) is 11.8. The molecule has 2 aromatic carbocycles. The largest absolute Gasteiger partial charge is 0.390 e. The van der Waals surface area contributed by atoms with Crippen molar-refractivity contribution in [3.05, 3.63) is 84.2 Å². The Morgan fingerprint density at radius 1 is 0.917 bits per heavy atom. The van der Waals surface area contributed by atoms with E-state index in [2.05, 4.69) is 29.2 Å². The topological polar surface area (TPSA) is 50.9 Å². The van der Waals surface area contributed by atoms with Crippen LogP contribution in [0.5, 0.6) is 0 Å². The second kappa shape index (κ2) is 6.26. The number of para-hydroxylation sites is 1. The van der Waals surface area contributed by atoms with Gasteiger partial charge < -0.3 is 5.11 Å². The quantitative estimate of drug-likeness (QED) is 0.625. The fraction of sp³-hybridized carbons (Fsp3) is 0.100. The number of aromatic nitrogens is 3. The van der Waals surface area contributed by atoms with Gasteiger partial charge in [0.15, 0.2) is 0 Å². The molecule has 24 heavy (non-hydrogen) atoms. The molecule has 4 aromatic rings. The summed E-state index contributed by atoms with van der Waals surface area (Å²) < 4.78 is 2.03. The van der Waals surface area contributed by atoms with E-state index in [0.717, 1.165) is 28.7 Å². The van der Waals surface area contributed by atoms with Crippen molar-refractivity contribution in [3.63, 3.8) is 0 Å². The highest BCUT2D eigenvalue weighted by molar-refractivity contribution is 5.93. The monoisotopic (exact) mass is 315 g/mol. The average molecular weight is 315 g/mol. The van der Waals surface area contributed by atoms with E-state index in [-0.39, 0.29) is 6.61 Å². The van der Waals surface area contributed by atoms with Gasteiger partial charge in [0, 0.05) is 17.1 Å². The molecule has 1 N–H and O–H groups in total. The number of hydrogen-bond donors (Lipinski definition) is 1. The first kappa shape index (κ1) is 14.6. The van der Waals surface area contributed by atoms with Gasteiger partial charge in [-0.2, -0.15) is 5.10 Å². The lowest BCUT2D eigenvalue weighted by Crippen LogP contribution is -2.01. The molecule has 2 heterocycles. The van der Waals surface area contributed by atoms with Crippen molar-refractivity contribution < 1.29 is 5.11 Å². The van der Waals surface area contributed by atoms with Gasteiger partial charge in [0.2, 0.25) is 0 Å². The zero-order valence-corrected chi connectivity index (χ0v) is 13.1. The van der Waals surface area contributed by atoms with Crippen LogP contribution in [0.25, 0.3) is 22.2 Å². The van der Waals surface area contributed by atoms with Crippen LogP contribution in [0.3, 0.4) is 0 Å². The molecular formula is C20H17N3O. The number of rotatable bonds is 4. The van der Waals surface area contributed by atoms with Crippen molar-refractivity contribution in [2.24, 2.45) is 0 Å². The summed E-state index contributed by atoms with van der Waals surface area (Å²) >= 11 is 0. The van der Waals surface area contributed by atoms with Gasteiger partial charge in [0.25, 0.3) is 0 Å². The maximum atomic E-state index is 9.33. The molecule has 118 valence electrons. The molecule has 0 atom stereocenters. The first-order valence-electron chi connectivity index (χ1n) is 7.91. The lowest BCUT2D eigenvalue weighted by atomic mass is 10.1. The molecule has 0 aliphatic rings. The van der Waals surface area contributed by atoms with Crippen molar-refractivity contribution >= 4 is 10.9 Å².